The Hall–Kier alpha value is -0.560. The molecule has 0 radical (unpaired) electrons. The van der Waals surface area contributed by atoms with Crippen LogP contribution >= 0.6 is 38.5 Å². The Balaban J connectivity index is 2.21. The number of halogens is 2. The van der Waals surface area contributed by atoms with E-state index in [0.717, 1.165) is 20.5 Å². The van der Waals surface area contributed by atoms with Crippen molar-refractivity contribution in [3.8, 4) is 5.75 Å². The number of rotatable bonds is 3. The minimum absolute atomic E-state index is 0.770. The van der Waals surface area contributed by atoms with Crippen LogP contribution in [0.25, 0.3) is 0 Å². The average molecular weight is 407 g/mol. The third-order valence-electron chi connectivity index (χ3n) is 2.45. The van der Waals surface area contributed by atoms with E-state index in [0.29, 0.717) is 0 Å². The van der Waals surface area contributed by atoms with Crippen LogP contribution in [0.1, 0.15) is 11.1 Å². The number of nitrogens with zero attached hydrogens (tertiary/aromatic N) is 2. The number of methoxy groups -OCH3 is 1. The molecule has 1 heterocycles. The average Bonchev–Trinajstić information content (AvgIpc) is 2.58. The van der Waals surface area contributed by atoms with Gasteiger partial charge in [-0.1, -0.05) is 6.07 Å². The maximum Gasteiger partial charge on any atom is 0.133 e. The molecule has 0 spiro atoms. The maximum atomic E-state index is 5.20. The van der Waals surface area contributed by atoms with Crippen LogP contribution < -0.4 is 4.74 Å². The van der Waals surface area contributed by atoms with Crippen LogP contribution in [-0.4, -0.2) is 16.9 Å². The van der Waals surface area contributed by atoms with Crippen molar-refractivity contribution in [1.29, 1.82) is 0 Å². The van der Waals surface area contributed by atoms with Gasteiger partial charge in [0.25, 0.3) is 0 Å². The van der Waals surface area contributed by atoms with Gasteiger partial charge < -0.3 is 4.74 Å². The van der Waals surface area contributed by atoms with E-state index in [1.54, 1.807) is 7.11 Å². The highest BCUT2D eigenvalue weighted by Gasteiger charge is 2.04. The zero-order valence-corrected chi connectivity index (χ0v) is 13.3. The second-order valence-corrected chi connectivity index (χ2v) is 5.65. The van der Waals surface area contributed by atoms with Gasteiger partial charge in [0.15, 0.2) is 0 Å². The summed E-state index contributed by atoms with van der Waals surface area (Å²) in [6.07, 6.45) is 2.06. The van der Waals surface area contributed by atoms with Gasteiger partial charge in [-0.2, -0.15) is 5.10 Å². The van der Waals surface area contributed by atoms with Crippen LogP contribution in [-0.2, 0) is 6.54 Å². The van der Waals surface area contributed by atoms with Gasteiger partial charge in [0, 0.05) is 11.8 Å². The molecule has 1 aromatic heterocycles. The van der Waals surface area contributed by atoms with Gasteiger partial charge in [0.2, 0.25) is 0 Å². The van der Waals surface area contributed by atoms with Crippen molar-refractivity contribution in [1.82, 2.24) is 9.78 Å². The third kappa shape index (κ3) is 3.01. The van der Waals surface area contributed by atoms with Crippen molar-refractivity contribution in [3.63, 3.8) is 0 Å². The molecule has 5 heteroatoms. The van der Waals surface area contributed by atoms with Crippen molar-refractivity contribution >= 4 is 38.5 Å². The molecule has 2 rings (SSSR count). The zero-order chi connectivity index (χ0) is 12.4. The first-order valence-electron chi connectivity index (χ1n) is 5.12. The first kappa shape index (κ1) is 12.9. The topological polar surface area (TPSA) is 27.1 Å². The monoisotopic (exact) mass is 406 g/mol. The van der Waals surface area contributed by atoms with Gasteiger partial charge in [-0.25, -0.2) is 0 Å². The maximum absolute atomic E-state index is 5.20. The van der Waals surface area contributed by atoms with Crippen LogP contribution in [0.5, 0.6) is 5.75 Å². The number of benzene rings is 1. The smallest absolute Gasteiger partial charge is 0.133 e. The van der Waals surface area contributed by atoms with Gasteiger partial charge in [0.1, 0.15) is 9.45 Å². The van der Waals surface area contributed by atoms with E-state index >= 15 is 0 Å². The Labute approximate surface area is 122 Å². The fourth-order valence-electron chi connectivity index (χ4n) is 1.57. The van der Waals surface area contributed by atoms with Crippen molar-refractivity contribution < 1.29 is 4.74 Å². The Bertz CT molecular complexity index is 520. The number of hydrogen-bond donors (Lipinski definition) is 0. The van der Waals surface area contributed by atoms with Crippen molar-refractivity contribution in [2.75, 3.05) is 7.11 Å². The molecule has 0 saturated carbocycles. The molecule has 2 aromatic rings. The molecule has 0 aliphatic carbocycles. The highest BCUT2D eigenvalue weighted by molar-refractivity contribution is 14.1. The normalized spacial score (nSPS) is 10.6. The Morgan fingerprint density at radius 3 is 2.76 bits per heavy atom. The minimum atomic E-state index is 0.770. The van der Waals surface area contributed by atoms with Crippen LogP contribution in [0.2, 0.25) is 0 Å². The number of aromatic nitrogens is 2. The first-order chi connectivity index (χ1) is 8.10. The van der Waals surface area contributed by atoms with Crippen LogP contribution in [0.3, 0.4) is 0 Å². The summed E-state index contributed by atoms with van der Waals surface area (Å²) in [5, 5.41) is 4.43. The molecule has 1 aromatic carbocycles. The summed E-state index contributed by atoms with van der Waals surface area (Å²) in [4.78, 5) is 0. The third-order valence-corrected chi connectivity index (χ3v) is 4.13. The van der Waals surface area contributed by atoms with E-state index < -0.39 is 0 Å². The lowest BCUT2D eigenvalue weighted by atomic mass is 10.2. The summed E-state index contributed by atoms with van der Waals surface area (Å²) in [6.45, 7) is 2.83. The minimum Gasteiger partial charge on any atom is -0.496 e. The molecule has 0 amide bonds. The summed E-state index contributed by atoms with van der Waals surface area (Å²) < 4.78 is 9.17. The molecule has 0 fully saturated rings. The fraction of sp³-hybridized carbons (Fsp3) is 0.250. The molecule has 0 atom stereocenters. The van der Waals surface area contributed by atoms with Gasteiger partial charge in [0.05, 0.1) is 18.1 Å². The van der Waals surface area contributed by atoms with Gasteiger partial charge >= 0.3 is 0 Å². The molecule has 0 N–H and O–H groups in total. The van der Waals surface area contributed by atoms with Crippen LogP contribution in [0, 0.1) is 10.6 Å². The summed E-state index contributed by atoms with van der Waals surface area (Å²) in [6, 6.07) is 6.07. The Morgan fingerprint density at radius 1 is 1.47 bits per heavy atom. The quantitative estimate of drug-likeness (QED) is 0.728. The summed E-state index contributed by atoms with van der Waals surface area (Å²) in [5.74, 6) is 0.847. The molecular weight excluding hydrogens is 395 g/mol. The molecule has 17 heavy (non-hydrogen) atoms. The van der Waals surface area contributed by atoms with Crippen LogP contribution in [0.15, 0.2) is 28.9 Å². The highest BCUT2D eigenvalue weighted by atomic mass is 127. The van der Waals surface area contributed by atoms with E-state index in [1.165, 1.54) is 11.1 Å². The molecule has 0 unspecified atom stereocenters. The second-order valence-electron chi connectivity index (χ2n) is 3.77. The predicted octanol–water partition coefficient (Wildman–Crippen LogP) is 3.62. The lowest BCUT2D eigenvalue weighted by Gasteiger charge is -2.06. The van der Waals surface area contributed by atoms with Gasteiger partial charge in [-0.05, 0) is 63.1 Å². The standard InChI is InChI=1S/C12H12BrIN2O/c1-8-6-16(15-12(8)14)7-9-3-4-11(17-2)10(13)5-9/h3-6H,7H2,1-2H3. The van der Waals surface area contributed by atoms with Gasteiger partial charge in [-0.3, -0.25) is 4.68 Å². The summed E-state index contributed by atoms with van der Waals surface area (Å²) in [7, 11) is 1.67. The van der Waals surface area contributed by atoms with Crippen molar-refractivity contribution in [3.05, 3.63) is 43.7 Å². The SMILES string of the molecule is COc1ccc(Cn2cc(C)c(I)n2)cc1Br. The largest absolute Gasteiger partial charge is 0.496 e. The molecule has 0 bridgehead atoms. The molecular formula is C12H12BrIN2O. The van der Waals surface area contributed by atoms with E-state index in [9.17, 15) is 0 Å². The Morgan fingerprint density at radius 2 is 2.24 bits per heavy atom. The second kappa shape index (κ2) is 5.39. The first-order valence-corrected chi connectivity index (χ1v) is 6.99. The highest BCUT2D eigenvalue weighted by Crippen LogP contribution is 2.25. The number of ether oxygens (including phenoxy) is 1. The van der Waals surface area contributed by atoms with Crippen LogP contribution in [0.4, 0.5) is 0 Å². The summed E-state index contributed by atoms with van der Waals surface area (Å²) >= 11 is 5.73. The van der Waals surface area contributed by atoms with Gasteiger partial charge in [-0.15, -0.1) is 0 Å². The van der Waals surface area contributed by atoms with E-state index in [4.69, 9.17) is 4.74 Å². The summed E-state index contributed by atoms with van der Waals surface area (Å²) in [5.41, 5.74) is 2.40. The number of hydrogen-bond acceptors (Lipinski definition) is 2. The Kier molecular flexibility index (Phi) is 4.09. The molecule has 0 aliphatic heterocycles. The lowest BCUT2D eigenvalue weighted by Crippen LogP contribution is -2.00. The molecule has 3 nitrogen and oxygen atoms in total. The number of aryl methyl sites for hydroxylation is 1. The predicted molar refractivity (Wildman–Crippen MR) is 79.5 cm³/mol. The molecule has 0 saturated heterocycles. The van der Waals surface area contributed by atoms with E-state index in [1.807, 2.05) is 16.8 Å². The molecule has 90 valence electrons. The van der Waals surface area contributed by atoms with E-state index in [-0.39, 0.29) is 0 Å². The molecule has 0 aliphatic rings. The van der Waals surface area contributed by atoms with E-state index in [2.05, 4.69) is 62.8 Å². The van der Waals surface area contributed by atoms with Crippen molar-refractivity contribution in [2.45, 2.75) is 13.5 Å². The van der Waals surface area contributed by atoms with Crippen molar-refractivity contribution in [2.24, 2.45) is 0 Å². The lowest BCUT2D eigenvalue weighted by molar-refractivity contribution is 0.412. The zero-order valence-electron chi connectivity index (χ0n) is 9.58. The fourth-order valence-corrected chi connectivity index (χ4v) is 2.58.